The van der Waals surface area contributed by atoms with Gasteiger partial charge in [-0.2, -0.15) is 0 Å². The summed E-state index contributed by atoms with van der Waals surface area (Å²) in [6, 6.07) is 8.35. The fourth-order valence-corrected chi connectivity index (χ4v) is 3.74. The van der Waals surface area contributed by atoms with Gasteiger partial charge in [0.05, 0.1) is 10.5 Å². The molecule has 3 rings (SSSR count). The van der Waals surface area contributed by atoms with E-state index in [0.29, 0.717) is 47.1 Å². The van der Waals surface area contributed by atoms with Gasteiger partial charge in [-0.1, -0.05) is 12.1 Å². The Bertz CT molecular complexity index is 961. The quantitative estimate of drug-likeness (QED) is 0.553. The Morgan fingerprint density at radius 2 is 2.07 bits per heavy atom. The van der Waals surface area contributed by atoms with E-state index in [9.17, 15) is 19.5 Å². The van der Waals surface area contributed by atoms with Crippen LogP contribution in [-0.2, 0) is 9.53 Å². The van der Waals surface area contributed by atoms with Crippen molar-refractivity contribution in [1.29, 1.82) is 0 Å². The minimum absolute atomic E-state index is 0.202. The molecule has 2 amide bonds. The van der Waals surface area contributed by atoms with Crippen molar-refractivity contribution in [1.82, 2.24) is 4.90 Å². The lowest BCUT2D eigenvalue weighted by molar-refractivity contribution is -0.122. The fraction of sp³-hybridized carbons (Fsp3) is 0.250. The molecule has 0 aliphatic carbocycles. The van der Waals surface area contributed by atoms with Gasteiger partial charge in [0.1, 0.15) is 11.5 Å². The molecule has 2 heterocycles. The summed E-state index contributed by atoms with van der Waals surface area (Å²) in [5.41, 5.74) is 1.45. The van der Waals surface area contributed by atoms with Crippen molar-refractivity contribution < 1.29 is 28.6 Å². The van der Waals surface area contributed by atoms with Gasteiger partial charge in [-0.05, 0) is 48.9 Å². The molecule has 1 saturated heterocycles. The topological polar surface area (TPSA) is 97.1 Å². The number of ether oxygens (including phenoxy) is 1. The molecule has 0 spiro atoms. The van der Waals surface area contributed by atoms with Gasteiger partial charge in [0.15, 0.2) is 0 Å². The summed E-state index contributed by atoms with van der Waals surface area (Å²) in [6.45, 7) is 2.49. The molecule has 0 unspecified atom stereocenters. The van der Waals surface area contributed by atoms with E-state index in [2.05, 4.69) is 0 Å². The number of imide groups is 1. The molecule has 8 heteroatoms. The first-order valence-corrected chi connectivity index (χ1v) is 9.41. The highest BCUT2D eigenvalue weighted by atomic mass is 32.2. The molecule has 1 aliphatic heterocycles. The van der Waals surface area contributed by atoms with Crippen LogP contribution in [0.15, 0.2) is 39.7 Å². The number of carboxylic acids is 1. The van der Waals surface area contributed by atoms with Gasteiger partial charge in [0.2, 0.25) is 0 Å². The zero-order chi connectivity index (χ0) is 20.3. The molecule has 146 valence electrons. The van der Waals surface area contributed by atoms with Crippen LogP contribution in [0.3, 0.4) is 0 Å². The first kappa shape index (κ1) is 19.9. The molecular formula is C20H19NO6S. The molecule has 0 bridgehead atoms. The van der Waals surface area contributed by atoms with Crippen molar-refractivity contribution in [3.63, 3.8) is 0 Å². The second-order valence-corrected chi connectivity index (χ2v) is 7.16. The summed E-state index contributed by atoms with van der Waals surface area (Å²) < 4.78 is 10.7. The van der Waals surface area contributed by atoms with Crippen molar-refractivity contribution >= 4 is 35.0 Å². The number of thioether (sulfide) groups is 1. The molecule has 0 radical (unpaired) electrons. The SMILES string of the molecule is COCCCN1C(=O)S/C(=C/c2ccc(-c3cccc(C(=O)O)c3C)o2)C1=O. The van der Waals surface area contributed by atoms with E-state index in [1.807, 2.05) is 0 Å². The highest BCUT2D eigenvalue weighted by molar-refractivity contribution is 8.18. The lowest BCUT2D eigenvalue weighted by Crippen LogP contribution is -2.29. The second-order valence-electron chi connectivity index (χ2n) is 6.17. The van der Waals surface area contributed by atoms with Gasteiger partial charge in [0.25, 0.3) is 11.1 Å². The highest BCUT2D eigenvalue weighted by Crippen LogP contribution is 2.34. The normalized spacial score (nSPS) is 15.6. The maximum Gasteiger partial charge on any atom is 0.335 e. The summed E-state index contributed by atoms with van der Waals surface area (Å²) in [5, 5.41) is 8.95. The number of benzene rings is 1. The number of amides is 2. The Kier molecular flexibility index (Phi) is 6.01. The van der Waals surface area contributed by atoms with Crippen LogP contribution in [-0.4, -0.2) is 47.4 Å². The third-order valence-corrected chi connectivity index (χ3v) is 5.24. The number of carboxylic acid groups (broad SMARTS) is 1. The van der Waals surface area contributed by atoms with Gasteiger partial charge < -0.3 is 14.3 Å². The predicted molar refractivity (Wildman–Crippen MR) is 105 cm³/mol. The van der Waals surface area contributed by atoms with Crippen LogP contribution in [0, 0.1) is 6.92 Å². The first-order valence-electron chi connectivity index (χ1n) is 8.59. The molecule has 28 heavy (non-hydrogen) atoms. The van der Waals surface area contributed by atoms with Crippen LogP contribution in [0.2, 0.25) is 0 Å². The van der Waals surface area contributed by atoms with Crippen molar-refractivity contribution in [3.05, 3.63) is 52.1 Å². The number of nitrogens with zero attached hydrogens (tertiary/aromatic N) is 1. The first-order chi connectivity index (χ1) is 13.4. The van der Waals surface area contributed by atoms with Gasteiger partial charge in [0, 0.05) is 31.9 Å². The van der Waals surface area contributed by atoms with Gasteiger partial charge in [-0.15, -0.1) is 0 Å². The number of methoxy groups -OCH3 is 1. The largest absolute Gasteiger partial charge is 0.478 e. The van der Waals surface area contributed by atoms with E-state index in [4.69, 9.17) is 9.15 Å². The average Bonchev–Trinajstić information content (AvgIpc) is 3.22. The number of aromatic carboxylic acids is 1. The maximum absolute atomic E-state index is 12.4. The minimum Gasteiger partial charge on any atom is -0.478 e. The Balaban J connectivity index is 1.82. The lowest BCUT2D eigenvalue weighted by atomic mass is 10.0. The van der Waals surface area contributed by atoms with E-state index in [-0.39, 0.29) is 16.7 Å². The summed E-state index contributed by atoms with van der Waals surface area (Å²) in [5.74, 6) is -0.454. The molecular weight excluding hydrogens is 382 g/mol. The summed E-state index contributed by atoms with van der Waals surface area (Å²) in [7, 11) is 1.57. The lowest BCUT2D eigenvalue weighted by Gasteiger charge is -2.11. The average molecular weight is 401 g/mol. The third-order valence-electron chi connectivity index (χ3n) is 4.33. The van der Waals surface area contributed by atoms with Crippen LogP contribution in [0.5, 0.6) is 0 Å². The number of carbonyl (C=O) groups is 3. The Hall–Kier alpha value is -2.84. The fourth-order valence-electron chi connectivity index (χ4n) is 2.90. The standard InChI is InChI=1S/C20H19NO6S/c1-12-14(5-3-6-15(12)19(23)24)16-8-7-13(27-16)11-17-18(22)21(20(25)28-17)9-4-10-26-2/h3,5-8,11H,4,9-10H2,1-2H3,(H,23,24)/b17-11+. The molecule has 1 aromatic carbocycles. The van der Waals surface area contributed by atoms with Crippen molar-refractivity contribution in [2.75, 3.05) is 20.3 Å². The van der Waals surface area contributed by atoms with Crippen LogP contribution >= 0.6 is 11.8 Å². The van der Waals surface area contributed by atoms with Gasteiger partial charge in [-0.3, -0.25) is 14.5 Å². The third kappa shape index (κ3) is 4.02. The predicted octanol–water partition coefficient (Wildman–Crippen LogP) is 4.03. The zero-order valence-corrected chi connectivity index (χ0v) is 16.2. The number of rotatable bonds is 7. The highest BCUT2D eigenvalue weighted by Gasteiger charge is 2.34. The summed E-state index contributed by atoms with van der Waals surface area (Å²) in [4.78, 5) is 37.3. The van der Waals surface area contributed by atoms with Crippen LogP contribution < -0.4 is 0 Å². The van der Waals surface area contributed by atoms with Crippen molar-refractivity contribution in [2.45, 2.75) is 13.3 Å². The zero-order valence-electron chi connectivity index (χ0n) is 15.4. The molecule has 0 saturated carbocycles. The van der Waals surface area contributed by atoms with E-state index in [0.717, 1.165) is 11.8 Å². The van der Waals surface area contributed by atoms with Crippen LogP contribution in [0.1, 0.15) is 28.1 Å². The van der Waals surface area contributed by atoms with E-state index < -0.39 is 5.97 Å². The van der Waals surface area contributed by atoms with Gasteiger partial charge >= 0.3 is 5.97 Å². The number of hydrogen-bond donors (Lipinski definition) is 1. The second kappa shape index (κ2) is 8.45. The smallest absolute Gasteiger partial charge is 0.335 e. The number of carbonyl (C=O) groups excluding carboxylic acids is 2. The van der Waals surface area contributed by atoms with Crippen LogP contribution in [0.4, 0.5) is 4.79 Å². The summed E-state index contributed by atoms with van der Waals surface area (Å²) in [6.07, 6.45) is 2.10. The molecule has 0 atom stereocenters. The monoisotopic (exact) mass is 401 g/mol. The van der Waals surface area contributed by atoms with Gasteiger partial charge in [-0.25, -0.2) is 4.79 Å². The molecule has 2 aromatic rings. The van der Waals surface area contributed by atoms with Crippen molar-refractivity contribution in [2.24, 2.45) is 0 Å². The Labute approximate surface area is 166 Å². The van der Waals surface area contributed by atoms with Crippen molar-refractivity contribution in [3.8, 4) is 11.3 Å². The molecule has 1 N–H and O–H groups in total. The Morgan fingerprint density at radius 3 is 2.79 bits per heavy atom. The summed E-state index contributed by atoms with van der Waals surface area (Å²) >= 11 is 0.869. The molecule has 1 aromatic heterocycles. The molecule has 7 nitrogen and oxygen atoms in total. The van der Waals surface area contributed by atoms with E-state index in [1.54, 1.807) is 38.3 Å². The minimum atomic E-state index is -1.01. The van der Waals surface area contributed by atoms with Crippen LogP contribution in [0.25, 0.3) is 17.4 Å². The molecule has 1 aliphatic rings. The molecule has 1 fully saturated rings. The Morgan fingerprint density at radius 1 is 1.29 bits per heavy atom. The number of hydrogen-bond acceptors (Lipinski definition) is 6. The number of furan rings is 1. The van der Waals surface area contributed by atoms with E-state index in [1.165, 1.54) is 17.0 Å². The van der Waals surface area contributed by atoms with E-state index >= 15 is 0 Å². The maximum atomic E-state index is 12.4.